The van der Waals surface area contributed by atoms with Gasteiger partial charge in [0.2, 0.25) is 0 Å². The van der Waals surface area contributed by atoms with Crippen LogP contribution in [0.4, 0.5) is 4.39 Å². The minimum atomic E-state index is -0.298. The van der Waals surface area contributed by atoms with Crippen molar-refractivity contribution >= 4 is 5.91 Å². The Balaban J connectivity index is 1.63. The largest absolute Gasteiger partial charge is 0.349 e. The van der Waals surface area contributed by atoms with Gasteiger partial charge in [0.1, 0.15) is 5.82 Å². The summed E-state index contributed by atoms with van der Waals surface area (Å²) < 4.78 is 14.4. The standard InChI is InChI=1S/C15H17FN4O/c16-11-3-5-13(6-4-11)20-9-7-14(19-20)15(21)18-10-12-2-1-8-17-12/h3-7,9,12,17H,1-2,8,10H2,(H,18,21). The van der Waals surface area contributed by atoms with Crippen molar-refractivity contribution in [1.82, 2.24) is 20.4 Å². The van der Waals surface area contributed by atoms with Gasteiger partial charge in [-0.25, -0.2) is 9.07 Å². The number of aromatic nitrogens is 2. The van der Waals surface area contributed by atoms with Gasteiger partial charge in [-0.2, -0.15) is 5.10 Å². The number of halogens is 1. The Morgan fingerprint density at radius 3 is 2.90 bits per heavy atom. The Hall–Kier alpha value is -2.21. The molecule has 1 aliphatic rings. The molecule has 1 aromatic carbocycles. The molecule has 0 spiro atoms. The molecule has 0 bridgehead atoms. The van der Waals surface area contributed by atoms with Crippen molar-refractivity contribution in [2.45, 2.75) is 18.9 Å². The average molecular weight is 288 g/mol. The van der Waals surface area contributed by atoms with Gasteiger partial charge in [-0.1, -0.05) is 0 Å². The Labute approximate surface area is 122 Å². The van der Waals surface area contributed by atoms with Crippen LogP contribution >= 0.6 is 0 Å². The van der Waals surface area contributed by atoms with Gasteiger partial charge in [0.05, 0.1) is 5.69 Å². The fourth-order valence-corrected chi connectivity index (χ4v) is 2.42. The third-order valence-electron chi connectivity index (χ3n) is 3.58. The van der Waals surface area contributed by atoms with Crippen molar-refractivity contribution in [3.8, 4) is 5.69 Å². The number of benzene rings is 1. The Morgan fingerprint density at radius 2 is 2.19 bits per heavy atom. The lowest BCUT2D eigenvalue weighted by Crippen LogP contribution is -2.37. The summed E-state index contributed by atoms with van der Waals surface area (Å²) in [5.74, 6) is -0.488. The van der Waals surface area contributed by atoms with E-state index in [0.29, 0.717) is 24.0 Å². The van der Waals surface area contributed by atoms with Crippen molar-refractivity contribution in [3.05, 3.63) is 48.0 Å². The molecular weight excluding hydrogens is 271 g/mol. The molecular formula is C15H17FN4O. The van der Waals surface area contributed by atoms with E-state index in [-0.39, 0.29) is 11.7 Å². The van der Waals surface area contributed by atoms with Gasteiger partial charge >= 0.3 is 0 Å². The molecule has 2 heterocycles. The zero-order valence-electron chi connectivity index (χ0n) is 11.6. The van der Waals surface area contributed by atoms with Gasteiger partial charge in [0, 0.05) is 18.8 Å². The first-order valence-electron chi connectivity index (χ1n) is 7.05. The first kappa shape index (κ1) is 13.8. The highest BCUT2D eigenvalue weighted by Crippen LogP contribution is 2.09. The molecule has 0 radical (unpaired) electrons. The van der Waals surface area contributed by atoms with E-state index >= 15 is 0 Å². The summed E-state index contributed by atoms with van der Waals surface area (Å²) in [6.45, 7) is 1.63. The second kappa shape index (κ2) is 6.05. The van der Waals surface area contributed by atoms with Crippen LogP contribution in [-0.2, 0) is 0 Å². The number of hydrogen-bond donors (Lipinski definition) is 2. The van der Waals surface area contributed by atoms with E-state index in [1.54, 1.807) is 29.1 Å². The fourth-order valence-electron chi connectivity index (χ4n) is 2.42. The van der Waals surface area contributed by atoms with Crippen LogP contribution in [0.2, 0.25) is 0 Å². The quantitative estimate of drug-likeness (QED) is 0.896. The molecule has 1 aliphatic heterocycles. The smallest absolute Gasteiger partial charge is 0.271 e. The van der Waals surface area contributed by atoms with Crippen LogP contribution in [0, 0.1) is 5.82 Å². The number of nitrogens with one attached hydrogen (secondary N) is 2. The summed E-state index contributed by atoms with van der Waals surface area (Å²) in [6.07, 6.45) is 3.93. The maximum atomic E-state index is 12.9. The number of rotatable bonds is 4. The second-order valence-corrected chi connectivity index (χ2v) is 5.13. The van der Waals surface area contributed by atoms with Gasteiger partial charge in [-0.05, 0) is 49.7 Å². The van der Waals surface area contributed by atoms with Crippen LogP contribution in [0.15, 0.2) is 36.5 Å². The first-order valence-corrected chi connectivity index (χ1v) is 7.05. The summed E-state index contributed by atoms with van der Waals surface area (Å²) in [5, 5.41) is 10.4. The van der Waals surface area contributed by atoms with E-state index in [2.05, 4.69) is 15.7 Å². The van der Waals surface area contributed by atoms with E-state index in [0.717, 1.165) is 19.4 Å². The Bertz CT molecular complexity index is 617. The van der Waals surface area contributed by atoms with Gasteiger partial charge in [0.25, 0.3) is 5.91 Å². The molecule has 5 nitrogen and oxygen atoms in total. The topological polar surface area (TPSA) is 59.0 Å². The maximum Gasteiger partial charge on any atom is 0.271 e. The predicted octanol–water partition coefficient (Wildman–Crippen LogP) is 1.49. The van der Waals surface area contributed by atoms with E-state index in [1.807, 2.05) is 0 Å². The third-order valence-corrected chi connectivity index (χ3v) is 3.58. The van der Waals surface area contributed by atoms with Crippen molar-refractivity contribution in [2.24, 2.45) is 0 Å². The lowest BCUT2D eigenvalue weighted by Gasteiger charge is -2.10. The summed E-state index contributed by atoms with van der Waals surface area (Å²) in [7, 11) is 0. The number of carbonyl (C=O) groups is 1. The third kappa shape index (κ3) is 3.28. The minimum Gasteiger partial charge on any atom is -0.349 e. The second-order valence-electron chi connectivity index (χ2n) is 5.13. The Kier molecular flexibility index (Phi) is 3.96. The van der Waals surface area contributed by atoms with Crippen molar-refractivity contribution < 1.29 is 9.18 Å². The molecule has 1 fully saturated rings. The molecule has 2 N–H and O–H groups in total. The van der Waals surface area contributed by atoms with Gasteiger partial charge < -0.3 is 10.6 Å². The lowest BCUT2D eigenvalue weighted by atomic mass is 10.2. The van der Waals surface area contributed by atoms with Crippen LogP contribution in [0.3, 0.4) is 0 Å². The predicted molar refractivity (Wildman–Crippen MR) is 76.9 cm³/mol. The first-order chi connectivity index (χ1) is 10.2. The molecule has 110 valence electrons. The summed E-state index contributed by atoms with van der Waals surface area (Å²) >= 11 is 0. The van der Waals surface area contributed by atoms with Crippen molar-refractivity contribution in [3.63, 3.8) is 0 Å². The van der Waals surface area contributed by atoms with Gasteiger partial charge in [-0.15, -0.1) is 0 Å². The molecule has 1 atom stereocenters. The molecule has 1 amide bonds. The summed E-state index contributed by atoms with van der Waals surface area (Å²) in [5.41, 5.74) is 1.07. The van der Waals surface area contributed by atoms with Crippen LogP contribution in [0.1, 0.15) is 23.3 Å². The zero-order valence-corrected chi connectivity index (χ0v) is 11.6. The van der Waals surface area contributed by atoms with E-state index in [4.69, 9.17) is 0 Å². The normalized spacial score (nSPS) is 17.9. The highest BCUT2D eigenvalue weighted by molar-refractivity contribution is 5.92. The molecule has 0 saturated carbocycles. The summed E-state index contributed by atoms with van der Waals surface area (Å²) in [4.78, 5) is 12.0. The highest BCUT2D eigenvalue weighted by Gasteiger charge is 2.16. The van der Waals surface area contributed by atoms with E-state index in [1.165, 1.54) is 12.1 Å². The number of amides is 1. The number of nitrogens with zero attached hydrogens (tertiary/aromatic N) is 2. The number of hydrogen-bond acceptors (Lipinski definition) is 3. The maximum absolute atomic E-state index is 12.9. The fraction of sp³-hybridized carbons (Fsp3) is 0.333. The molecule has 21 heavy (non-hydrogen) atoms. The molecule has 2 aromatic rings. The van der Waals surface area contributed by atoms with Crippen LogP contribution < -0.4 is 10.6 Å². The van der Waals surface area contributed by atoms with Crippen LogP contribution in [0.5, 0.6) is 0 Å². The molecule has 1 unspecified atom stereocenters. The summed E-state index contributed by atoms with van der Waals surface area (Å²) in [6, 6.07) is 7.97. The zero-order chi connectivity index (χ0) is 14.7. The van der Waals surface area contributed by atoms with E-state index < -0.39 is 0 Å². The van der Waals surface area contributed by atoms with E-state index in [9.17, 15) is 9.18 Å². The molecule has 6 heteroatoms. The van der Waals surface area contributed by atoms with Crippen molar-refractivity contribution in [2.75, 3.05) is 13.1 Å². The van der Waals surface area contributed by atoms with Gasteiger partial charge in [-0.3, -0.25) is 4.79 Å². The molecule has 1 aromatic heterocycles. The van der Waals surface area contributed by atoms with Gasteiger partial charge in [0.15, 0.2) is 5.69 Å². The SMILES string of the molecule is O=C(NCC1CCCN1)c1ccn(-c2ccc(F)cc2)n1. The Morgan fingerprint density at radius 1 is 1.38 bits per heavy atom. The molecule has 1 saturated heterocycles. The molecule has 0 aliphatic carbocycles. The monoisotopic (exact) mass is 288 g/mol. The average Bonchev–Trinajstić information content (AvgIpc) is 3.17. The molecule has 3 rings (SSSR count). The lowest BCUT2D eigenvalue weighted by molar-refractivity contribution is 0.0945. The highest BCUT2D eigenvalue weighted by atomic mass is 19.1. The number of carbonyl (C=O) groups excluding carboxylic acids is 1. The van der Waals surface area contributed by atoms with Crippen LogP contribution in [0.25, 0.3) is 5.69 Å². The van der Waals surface area contributed by atoms with Crippen LogP contribution in [-0.4, -0.2) is 34.8 Å². The minimum absolute atomic E-state index is 0.190. The van der Waals surface area contributed by atoms with Crippen molar-refractivity contribution in [1.29, 1.82) is 0 Å².